The lowest BCUT2D eigenvalue weighted by Crippen LogP contribution is -2.12. The van der Waals surface area contributed by atoms with Gasteiger partial charge in [-0.2, -0.15) is 0 Å². The number of rotatable bonds is 6. The predicted octanol–water partition coefficient (Wildman–Crippen LogP) is 3.97. The molecule has 0 spiro atoms. The van der Waals surface area contributed by atoms with Crippen LogP contribution >= 0.6 is 0 Å². The third-order valence-electron chi connectivity index (χ3n) is 3.33. The van der Waals surface area contributed by atoms with Crippen molar-refractivity contribution in [3.05, 3.63) is 35.4 Å². The topological polar surface area (TPSA) is 26.0 Å². The molecule has 1 unspecified atom stereocenters. The molecule has 0 radical (unpaired) electrons. The Labute approximate surface area is 106 Å². The molecule has 17 heavy (non-hydrogen) atoms. The highest BCUT2D eigenvalue weighted by molar-refractivity contribution is 5.26. The molecule has 1 rings (SSSR count). The molecular weight excluding hydrogens is 206 g/mol. The van der Waals surface area contributed by atoms with Gasteiger partial charge < -0.3 is 5.73 Å². The highest BCUT2D eigenvalue weighted by atomic mass is 14.5. The molecule has 2 N–H and O–H groups in total. The van der Waals surface area contributed by atoms with Crippen LogP contribution in [0.15, 0.2) is 24.3 Å². The zero-order valence-corrected chi connectivity index (χ0v) is 11.7. The van der Waals surface area contributed by atoms with Gasteiger partial charge in [-0.1, -0.05) is 52.0 Å². The average molecular weight is 233 g/mol. The summed E-state index contributed by atoms with van der Waals surface area (Å²) in [7, 11) is 0. The van der Waals surface area contributed by atoms with Gasteiger partial charge in [0.25, 0.3) is 0 Å². The molecule has 0 heterocycles. The molecule has 0 aliphatic carbocycles. The summed E-state index contributed by atoms with van der Waals surface area (Å²) in [5.41, 5.74) is 8.59. The first-order valence-electron chi connectivity index (χ1n) is 6.83. The van der Waals surface area contributed by atoms with Gasteiger partial charge in [-0.15, -0.1) is 0 Å². The lowest BCUT2D eigenvalue weighted by molar-refractivity contribution is 0.473. The minimum atomic E-state index is 0.605. The van der Waals surface area contributed by atoms with Crippen molar-refractivity contribution in [2.24, 2.45) is 17.6 Å². The van der Waals surface area contributed by atoms with Crippen molar-refractivity contribution in [3.63, 3.8) is 0 Å². The van der Waals surface area contributed by atoms with Crippen LogP contribution in [0.2, 0.25) is 0 Å². The van der Waals surface area contributed by atoms with Gasteiger partial charge in [0.05, 0.1) is 0 Å². The van der Waals surface area contributed by atoms with Crippen LogP contribution in [-0.4, -0.2) is 6.54 Å². The molecule has 1 heteroatoms. The van der Waals surface area contributed by atoms with Crippen molar-refractivity contribution in [2.45, 2.75) is 46.5 Å². The van der Waals surface area contributed by atoms with E-state index in [9.17, 15) is 0 Å². The molecule has 0 saturated heterocycles. The van der Waals surface area contributed by atoms with Gasteiger partial charge in [-0.25, -0.2) is 0 Å². The van der Waals surface area contributed by atoms with E-state index in [1.54, 1.807) is 0 Å². The van der Waals surface area contributed by atoms with E-state index in [0.29, 0.717) is 11.8 Å². The number of hydrogen-bond donors (Lipinski definition) is 1. The van der Waals surface area contributed by atoms with Crippen molar-refractivity contribution in [3.8, 4) is 0 Å². The Kier molecular flexibility index (Phi) is 5.70. The van der Waals surface area contributed by atoms with Gasteiger partial charge in [0.2, 0.25) is 0 Å². The van der Waals surface area contributed by atoms with Crippen molar-refractivity contribution >= 4 is 0 Å². The zero-order valence-electron chi connectivity index (χ0n) is 11.7. The van der Waals surface area contributed by atoms with E-state index in [-0.39, 0.29) is 0 Å². The number of hydrogen-bond acceptors (Lipinski definition) is 1. The summed E-state index contributed by atoms with van der Waals surface area (Å²) < 4.78 is 0. The molecule has 1 atom stereocenters. The second kappa shape index (κ2) is 6.80. The molecule has 1 aromatic rings. The third kappa shape index (κ3) is 4.51. The standard InChI is InChI=1S/C16H27N/c1-12(2)11-14-5-7-15(8-6-14)16(9-10-17)13(3)4/h5-8,12-13,16H,9-11,17H2,1-4H3. The van der Waals surface area contributed by atoms with Crippen LogP contribution in [0.3, 0.4) is 0 Å². The summed E-state index contributed by atoms with van der Waals surface area (Å²) in [6.45, 7) is 9.86. The van der Waals surface area contributed by atoms with Crippen molar-refractivity contribution in [2.75, 3.05) is 6.54 Å². The zero-order chi connectivity index (χ0) is 12.8. The van der Waals surface area contributed by atoms with Gasteiger partial charge >= 0.3 is 0 Å². The van der Waals surface area contributed by atoms with E-state index in [0.717, 1.165) is 18.9 Å². The maximum absolute atomic E-state index is 5.70. The van der Waals surface area contributed by atoms with E-state index in [4.69, 9.17) is 5.73 Å². The maximum atomic E-state index is 5.70. The van der Waals surface area contributed by atoms with E-state index in [1.165, 1.54) is 17.5 Å². The first kappa shape index (κ1) is 14.2. The molecule has 0 aromatic heterocycles. The van der Waals surface area contributed by atoms with Crippen molar-refractivity contribution in [1.82, 2.24) is 0 Å². The molecule has 1 nitrogen and oxygen atoms in total. The summed E-state index contributed by atoms with van der Waals surface area (Å²) in [4.78, 5) is 0. The Balaban J connectivity index is 2.77. The van der Waals surface area contributed by atoms with Crippen LogP contribution in [0, 0.1) is 11.8 Å². The first-order valence-corrected chi connectivity index (χ1v) is 6.83. The molecule has 1 aromatic carbocycles. The summed E-state index contributed by atoms with van der Waals surface area (Å²) in [6.07, 6.45) is 2.25. The predicted molar refractivity (Wildman–Crippen MR) is 76.2 cm³/mol. The van der Waals surface area contributed by atoms with Crippen LogP contribution in [0.25, 0.3) is 0 Å². The first-order chi connectivity index (χ1) is 8.04. The van der Waals surface area contributed by atoms with Crippen LogP contribution < -0.4 is 5.73 Å². The Morgan fingerprint density at radius 1 is 1.00 bits per heavy atom. The monoisotopic (exact) mass is 233 g/mol. The Hall–Kier alpha value is -0.820. The highest BCUT2D eigenvalue weighted by Crippen LogP contribution is 2.27. The van der Waals surface area contributed by atoms with Crippen molar-refractivity contribution < 1.29 is 0 Å². The van der Waals surface area contributed by atoms with E-state index < -0.39 is 0 Å². The molecule has 0 amide bonds. The van der Waals surface area contributed by atoms with Crippen LogP contribution in [0.4, 0.5) is 0 Å². The van der Waals surface area contributed by atoms with E-state index >= 15 is 0 Å². The summed E-state index contributed by atoms with van der Waals surface area (Å²) in [5, 5.41) is 0. The van der Waals surface area contributed by atoms with Crippen LogP contribution in [-0.2, 0) is 6.42 Å². The largest absolute Gasteiger partial charge is 0.330 e. The lowest BCUT2D eigenvalue weighted by Gasteiger charge is -2.21. The molecule has 0 aliphatic rings. The molecule has 0 saturated carbocycles. The lowest BCUT2D eigenvalue weighted by atomic mass is 9.85. The Morgan fingerprint density at radius 3 is 2.00 bits per heavy atom. The number of nitrogens with two attached hydrogens (primary N) is 1. The minimum absolute atomic E-state index is 0.605. The Morgan fingerprint density at radius 2 is 1.59 bits per heavy atom. The second-order valence-corrected chi connectivity index (χ2v) is 5.77. The minimum Gasteiger partial charge on any atom is -0.330 e. The second-order valence-electron chi connectivity index (χ2n) is 5.77. The molecular formula is C16H27N. The Bertz CT molecular complexity index is 311. The van der Waals surface area contributed by atoms with Crippen LogP contribution in [0.5, 0.6) is 0 Å². The molecule has 0 aliphatic heterocycles. The van der Waals surface area contributed by atoms with Crippen LogP contribution in [0.1, 0.15) is 51.2 Å². The average Bonchev–Trinajstić information content (AvgIpc) is 2.26. The van der Waals surface area contributed by atoms with Gasteiger partial charge in [-0.05, 0) is 48.3 Å². The normalized spacial score (nSPS) is 13.4. The summed E-state index contributed by atoms with van der Waals surface area (Å²) in [6, 6.07) is 9.14. The molecule has 0 fully saturated rings. The van der Waals surface area contributed by atoms with Gasteiger partial charge in [0, 0.05) is 0 Å². The van der Waals surface area contributed by atoms with Crippen molar-refractivity contribution in [1.29, 1.82) is 0 Å². The third-order valence-corrected chi connectivity index (χ3v) is 3.33. The van der Waals surface area contributed by atoms with Gasteiger partial charge in [0.15, 0.2) is 0 Å². The fourth-order valence-corrected chi connectivity index (χ4v) is 2.44. The summed E-state index contributed by atoms with van der Waals surface area (Å²) in [5.74, 6) is 1.99. The van der Waals surface area contributed by atoms with Gasteiger partial charge in [-0.3, -0.25) is 0 Å². The number of benzene rings is 1. The summed E-state index contributed by atoms with van der Waals surface area (Å²) >= 11 is 0. The molecule has 0 bridgehead atoms. The van der Waals surface area contributed by atoms with E-state index in [2.05, 4.69) is 52.0 Å². The SMILES string of the molecule is CC(C)Cc1ccc(C(CCN)C(C)C)cc1. The maximum Gasteiger partial charge on any atom is -0.00713 e. The smallest absolute Gasteiger partial charge is 0.00713 e. The highest BCUT2D eigenvalue weighted by Gasteiger charge is 2.14. The fraction of sp³-hybridized carbons (Fsp3) is 0.625. The molecule has 96 valence electrons. The fourth-order valence-electron chi connectivity index (χ4n) is 2.44. The van der Waals surface area contributed by atoms with E-state index in [1.807, 2.05) is 0 Å². The quantitative estimate of drug-likeness (QED) is 0.790. The van der Waals surface area contributed by atoms with Gasteiger partial charge in [0.1, 0.15) is 0 Å².